The lowest BCUT2D eigenvalue weighted by atomic mass is 10.1. The molecule has 0 spiro atoms. The molecule has 1 saturated heterocycles. The summed E-state index contributed by atoms with van der Waals surface area (Å²) in [6.45, 7) is 4.08. The second-order valence-electron chi connectivity index (χ2n) is 7.68. The van der Waals surface area contributed by atoms with Gasteiger partial charge in [0.25, 0.3) is 0 Å². The molecule has 2 aromatic heterocycles. The standard InChI is InChI=1S/C21H25N5O2S/c1-2-15-12-25(9-10-28-15)19(27)13-29-21-24-23-20(26(21)14-7-8-14)17-11-22-18-6-4-3-5-16(17)18/h3-6,11,14-15,22H,2,7-10,12-13H2,1H3. The number of H-pyrrole nitrogens is 1. The number of aromatic nitrogens is 4. The van der Waals surface area contributed by atoms with Gasteiger partial charge >= 0.3 is 0 Å². The number of fused-ring (bicyclic) bond motifs is 1. The fourth-order valence-electron chi connectivity index (χ4n) is 3.89. The first-order chi connectivity index (χ1) is 14.2. The highest BCUT2D eigenvalue weighted by Crippen LogP contribution is 2.42. The molecule has 1 amide bonds. The predicted octanol–water partition coefficient (Wildman–Crippen LogP) is 3.49. The van der Waals surface area contributed by atoms with Crippen LogP contribution in [0.5, 0.6) is 0 Å². The second-order valence-corrected chi connectivity index (χ2v) is 8.63. The van der Waals surface area contributed by atoms with Crippen molar-refractivity contribution < 1.29 is 9.53 Å². The fraction of sp³-hybridized carbons (Fsp3) is 0.476. The van der Waals surface area contributed by atoms with Crippen molar-refractivity contribution in [1.29, 1.82) is 0 Å². The third-order valence-corrected chi connectivity index (χ3v) is 6.61. The van der Waals surface area contributed by atoms with Crippen LogP contribution in [0, 0.1) is 0 Å². The Balaban J connectivity index is 1.36. The first-order valence-electron chi connectivity index (χ1n) is 10.3. The molecule has 3 aromatic rings. The van der Waals surface area contributed by atoms with Gasteiger partial charge in [-0.05, 0) is 25.3 Å². The minimum Gasteiger partial charge on any atom is -0.375 e. The van der Waals surface area contributed by atoms with Gasteiger partial charge in [0, 0.05) is 41.8 Å². The van der Waals surface area contributed by atoms with E-state index in [1.165, 1.54) is 11.8 Å². The van der Waals surface area contributed by atoms with E-state index >= 15 is 0 Å². The Bertz CT molecular complexity index is 1030. The van der Waals surface area contributed by atoms with E-state index in [1.807, 2.05) is 23.2 Å². The van der Waals surface area contributed by atoms with Crippen LogP contribution in [-0.2, 0) is 9.53 Å². The first-order valence-corrected chi connectivity index (χ1v) is 11.3. The molecule has 3 heterocycles. The molecule has 1 saturated carbocycles. The van der Waals surface area contributed by atoms with E-state index in [0.717, 1.165) is 46.7 Å². The summed E-state index contributed by atoms with van der Waals surface area (Å²) < 4.78 is 7.90. The molecule has 5 rings (SSSR count). The van der Waals surface area contributed by atoms with Gasteiger partial charge in [-0.25, -0.2) is 0 Å². The van der Waals surface area contributed by atoms with E-state index in [9.17, 15) is 4.79 Å². The Kier molecular flexibility index (Phi) is 5.05. The molecule has 8 heteroatoms. The van der Waals surface area contributed by atoms with Gasteiger partial charge in [-0.3, -0.25) is 9.36 Å². The third kappa shape index (κ3) is 3.67. The summed E-state index contributed by atoms with van der Waals surface area (Å²) in [7, 11) is 0. The number of ether oxygens (including phenoxy) is 1. The van der Waals surface area contributed by atoms with Crippen molar-refractivity contribution in [2.75, 3.05) is 25.4 Å². The lowest BCUT2D eigenvalue weighted by Gasteiger charge is -2.32. The number of nitrogens with zero attached hydrogens (tertiary/aromatic N) is 4. The van der Waals surface area contributed by atoms with Gasteiger partial charge in [0.15, 0.2) is 11.0 Å². The number of rotatable bonds is 6. The van der Waals surface area contributed by atoms with Gasteiger partial charge in [0.2, 0.25) is 5.91 Å². The number of hydrogen-bond acceptors (Lipinski definition) is 5. The molecule has 1 aliphatic carbocycles. The topological polar surface area (TPSA) is 76.0 Å². The molecule has 1 aliphatic heterocycles. The van der Waals surface area contributed by atoms with E-state index in [-0.39, 0.29) is 12.0 Å². The number of amides is 1. The number of morpholine rings is 1. The Morgan fingerprint density at radius 2 is 2.17 bits per heavy atom. The van der Waals surface area contributed by atoms with Crippen molar-refractivity contribution in [3.05, 3.63) is 30.5 Å². The molecular weight excluding hydrogens is 386 g/mol. The van der Waals surface area contributed by atoms with Gasteiger partial charge in [-0.15, -0.1) is 10.2 Å². The van der Waals surface area contributed by atoms with Crippen LogP contribution < -0.4 is 0 Å². The van der Waals surface area contributed by atoms with Crippen LogP contribution >= 0.6 is 11.8 Å². The van der Waals surface area contributed by atoms with Crippen LogP contribution in [0.15, 0.2) is 35.6 Å². The van der Waals surface area contributed by atoms with E-state index in [4.69, 9.17) is 4.74 Å². The number of carbonyl (C=O) groups excluding carboxylic acids is 1. The number of hydrogen-bond donors (Lipinski definition) is 1. The lowest BCUT2D eigenvalue weighted by Crippen LogP contribution is -2.46. The molecule has 29 heavy (non-hydrogen) atoms. The number of carbonyl (C=O) groups is 1. The van der Waals surface area contributed by atoms with Gasteiger partial charge in [0.05, 0.1) is 18.5 Å². The van der Waals surface area contributed by atoms with Gasteiger partial charge < -0.3 is 14.6 Å². The molecule has 1 N–H and O–H groups in total. The van der Waals surface area contributed by atoms with Crippen LogP contribution in [0.3, 0.4) is 0 Å². The van der Waals surface area contributed by atoms with Crippen LogP contribution in [0.1, 0.15) is 32.2 Å². The summed E-state index contributed by atoms with van der Waals surface area (Å²) in [6.07, 6.45) is 5.36. The number of para-hydroxylation sites is 1. The Hall–Kier alpha value is -2.32. The normalized spacial score (nSPS) is 19.8. The van der Waals surface area contributed by atoms with Crippen LogP contribution in [0.2, 0.25) is 0 Å². The van der Waals surface area contributed by atoms with Crippen molar-refractivity contribution in [3.8, 4) is 11.4 Å². The van der Waals surface area contributed by atoms with Crippen molar-refractivity contribution in [3.63, 3.8) is 0 Å². The average molecular weight is 412 g/mol. The van der Waals surface area contributed by atoms with Gasteiger partial charge in [-0.2, -0.15) is 0 Å². The van der Waals surface area contributed by atoms with E-state index in [0.29, 0.717) is 31.5 Å². The number of nitrogens with one attached hydrogen (secondary N) is 1. The Morgan fingerprint density at radius 3 is 3.00 bits per heavy atom. The minimum absolute atomic E-state index is 0.149. The summed E-state index contributed by atoms with van der Waals surface area (Å²) in [5.74, 6) is 1.42. The molecule has 1 unspecified atom stereocenters. The molecule has 152 valence electrons. The summed E-state index contributed by atoms with van der Waals surface area (Å²) in [6, 6.07) is 8.66. The largest absolute Gasteiger partial charge is 0.375 e. The lowest BCUT2D eigenvalue weighted by molar-refractivity contribution is -0.135. The van der Waals surface area contributed by atoms with Crippen molar-refractivity contribution >= 4 is 28.6 Å². The highest BCUT2D eigenvalue weighted by molar-refractivity contribution is 7.99. The van der Waals surface area contributed by atoms with Gasteiger partial charge in [0.1, 0.15) is 0 Å². The summed E-state index contributed by atoms with van der Waals surface area (Å²) in [4.78, 5) is 18.0. The third-order valence-electron chi connectivity index (χ3n) is 5.68. The smallest absolute Gasteiger partial charge is 0.233 e. The van der Waals surface area contributed by atoms with Crippen molar-refractivity contribution in [2.24, 2.45) is 0 Å². The monoisotopic (exact) mass is 411 g/mol. The minimum atomic E-state index is 0.149. The zero-order chi connectivity index (χ0) is 19.8. The quantitative estimate of drug-likeness (QED) is 0.629. The summed E-state index contributed by atoms with van der Waals surface area (Å²) in [5, 5.41) is 10.9. The SMILES string of the molecule is CCC1CN(C(=O)CSc2nnc(-c3c[nH]c4ccccc34)n2C2CC2)CCO1. The van der Waals surface area contributed by atoms with Gasteiger partial charge in [-0.1, -0.05) is 36.9 Å². The number of benzene rings is 1. The molecule has 1 aromatic carbocycles. The van der Waals surface area contributed by atoms with Crippen LogP contribution in [0.25, 0.3) is 22.3 Å². The zero-order valence-corrected chi connectivity index (χ0v) is 17.3. The Morgan fingerprint density at radius 1 is 1.31 bits per heavy atom. The van der Waals surface area contributed by atoms with Crippen LogP contribution in [0.4, 0.5) is 0 Å². The highest BCUT2D eigenvalue weighted by Gasteiger charge is 2.31. The highest BCUT2D eigenvalue weighted by atomic mass is 32.2. The van der Waals surface area contributed by atoms with E-state index in [2.05, 4.69) is 38.8 Å². The molecule has 2 aliphatic rings. The maximum absolute atomic E-state index is 12.7. The summed E-state index contributed by atoms with van der Waals surface area (Å²) >= 11 is 1.50. The molecule has 0 bridgehead atoms. The molecule has 2 fully saturated rings. The summed E-state index contributed by atoms with van der Waals surface area (Å²) in [5.41, 5.74) is 2.16. The number of aromatic amines is 1. The predicted molar refractivity (Wildman–Crippen MR) is 113 cm³/mol. The van der Waals surface area contributed by atoms with Crippen LogP contribution in [-0.4, -0.2) is 62.1 Å². The first kappa shape index (κ1) is 18.7. The Labute approximate surface area is 173 Å². The number of thioether (sulfide) groups is 1. The maximum Gasteiger partial charge on any atom is 0.233 e. The zero-order valence-electron chi connectivity index (χ0n) is 16.5. The maximum atomic E-state index is 12.7. The second kappa shape index (κ2) is 7.84. The molecule has 0 radical (unpaired) electrons. The van der Waals surface area contributed by atoms with Crippen molar-refractivity contribution in [2.45, 2.75) is 43.5 Å². The van der Waals surface area contributed by atoms with Crippen molar-refractivity contribution in [1.82, 2.24) is 24.6 Å². The van der Waals surface area contributed by atoms with E-state index < -0.39 is 0 Å². The molecule has 7 nitrogen and oxygen atoms in total. The molecule has 1 atom stereocenters. The average Bonchev–Trinajstić information content (AvgIpc) is 3.38. The van der Waals surface area contributed by atoms with E-state index in [1.54, 1.807) is 0 Å². The molecular formula is C21H25N5O2S. The fourth-order valence-corrected chi connectivity index (χ4v) is 4.80.